The topological polar surface area (TPSA) is 72.6 Å². The number of halogens is 1. The number of fused-ring (bicyclic) bond motifs is 3. The van der Waals surface area contributed by atoms with E-state index in [1.54, 1.807) is 28.8 Å². The van der Waals surface area contributed by atoms with Gasteiger partial charge in [0.1, 0.15) is 5.82 Å². The summed E-state index contributed by atoms with van der Waals surface area (Å²) < 4.78 is 8.02. The van der Waals surface area contributed by atoms with E-state index in [4.69, 9.17) is 9.72 Å². The number of esters is 1. The van der Waals surface area contributed by atoms with E-state index >= 15 is 0 Å². The zero-order valence-electron chi connectivity index (χ0n) is 15.5. The molecule has 0 unspecified atom stereocenters. The number of aromatic nitrogens is 4. The number of ether oxygens (including phenoxy) is 1. The fourth-order valence-corrected chi connectivity index (χ4v) is 3.45. The van der Waals surface area contributed by atoms with Crippen LogP contribution in [-0.4, -0.2) is 38.9 Å². The Morgan fingerprint density at radius 3 is 2.61 bits per heavy atom. The Hall–Kier alpha value is -3.00. The SMILES string of the molecule is CCN(CC)c1nc2c(OC(=O)c3ccccc3)nnn2c2cc(Br)ccc12. The molecule has 0 N–H and O–H groups in total. The summed E-state index contributed by atoms with van der Waals surface area (Å²) in [6, 6.07) is 14.7. The molecule has 0 aliphatic carbocycles. The molecule has 4 rings (SSSR count). The highest BCUT2D eigenvalue weighted by Crippen LogP contribution is 2.30. The molecule has 28 heavy (non-hydrogen) atoms. The molecule has 0 saturated heterocycles. The van der Waals surface area contributed by atoms with E-state index in [1.165, 1.54) is 0 Å². The van der Waals surface area contributed by atoms with Crippen molar-refractivity contribution >= 4 is 44.3 Å². The third-order valence-electron chi connectivity index (χ3n) is 4.52. The fraction of sp³-hybridized carbons (Fsp3) is 0.200. The maximum atomic E-state index is 12.5. The smallest absolute Gasteiger partial charge is 0.345 e. The summed E-state index contributed by atoms with van der Waals surface area (Å²) in [5.41, 5.74) is 1.67. The van der Waals surface area contributed by atoms with Crippen molar-refractivity contribution < 1.29 is 9.53 Å². The van der Waals surface area contributed by atoms with Gasteiger partial charge < -0.3 is 9.64 Å². The van der Waals surface area contributed by atoms with Crippen molar-refractivity contribution in [2.24, 2.45) is 0 Å². The summed E-state index contributed by atoms with van der Waals surface area (Å²) in [5, 5.41) is 9.19. The summed E-state index contributed by atoms with van der Waals surface area (Å²) in [6.07, 6.45) is 0. The maximum absolute atomic E-state index is 12.5. The zero-order valence-corrected chi connectivity index (χ0v) is 17.0. The third kappa shape index (κ3) is 3.20. The summed E-state index contributed by atoms with van der Waals surface area (Å²) in [5.74, 6) is 0.395. The molecule has 2 heterocycles. The van der Waals surface area contributed by atoms with Crippen LogP contribution in [0.4, 0.5) is 5.82 Å². The Balaban J connectivity index is 1.88. The molecule has 0 aliphatic rings. The number of carbonyl (C=O) groups is 1. The summed E-state index contributed by atoms with van der Waals surface area (Å²) in [4.78, 5) is 19.4. The van der Waals surface area contributed by atoms with Gasteiger partial charge in [0.05, 0.1) is 11.1 Å². The molecule has 0 amide bonds. The van der Waals surface area contributed by atoms with Gasteiger partial charge in [-0.25, -0.2) is 9.78 Å². The summed E-state index contributed by atoms with van der Waals surface area (Å²) in [6.45, 7) is 5.74. The molecule has 4 aromatic rings. The van der Waals surface area contributed by atoms with Gasteiger partial charge in [0, 0.05) is 22.9 Å². The van der Waals surface area contributed by atoms with E-state index in [0.29, 0.717) is 11.2 Å². The van der Waals surface area contributed by atoms with Crippen LogP contribution >= 0.6 is 15.9 Å². The molecule has 0 saturated carbocycles. The Morgan fingerprint density at radius 2 is 1.89 bits per heavy atom. The van der Waals surface area contributed by atoms with Crippen molar-refractivity contribution in [3.05, 3.63) is 58.6 Å². The lowest BCUT2D eigenvalue weighted by molar-refractivity contribution is 0.0729. The van der Waals surface area contributed by atoms with Gasteiger partial charge in [-0.3, -0.25) is 0 Å². The van der Waals surface area contributed by atoms with Crippen molar-refractivity contribution in [1.29, 1.82) is 0 Å². The van der Waals surface area contributed by atoms with Crippen LogP contribution in [0.2, 0.25) is 0 Å². The molecule has 0 radical (unpaired) electrons. The lowest BCUT2D eigenvalue weighted by atomic mass is 10.2. The van der Waals surface area contributed by atoms with Crippen LogP contribution in [0.25, 0.3) is 16.6 Å². The minimum atomic E-state index is -0.497. The average molecular weight is 440 g/mol. The third-order valence-corrected chi connectivity index (χ3v) is 5.01. The van der Waals surface area contributed by atoms with E-state index in [1.807, 2.05) is 24.3 Å². The average Bonchev–Trinajstić information content (AvgIpc) is 3.12. The Bertz CT molecular complexity index is 1160. The van der Waals surface area contributed by atoms with Gasteiger partial charge >= 0.3 is 5.97 Å². The van der Waals surface area contributed by atoms with E-state index in [2.05, 4.69) is 45.0 Å². The second-order valence-electron chi connectivity index (χ2n) is 6.15. The number of hydrogen-bond acceptors (Lipinski definition) is 6. The number of rotatable bonds is 5. The molecule has 142 valence electrons. The first-order chi connectivity index (χ1) is 13.6. The lowest BCUT2D eigenvalue weighted by Gasteiger charge is -2.21. The van der Waals surface area contributed by atoms with E-state index in [0.717, 1.165) is 34.3 Å². The largest absolute Gasteiger partial charge is 0.398 e. The molecule has 0 spiro atoms. The second-order valence-corrected chi connectivity index (χ2v) is 7.07. The highest BCUT2D eigenvalue weighted by atomic mass is 79.9. The van der Waals surface area contributed by atoms with Crippen molar-refractivity contribution in [3.63, 3.8) is 0 Å². The molecule has 2 aromatic carbocycles. The molecule has 2 aromatic heterocycles. The minimum Gasteiger partial charge on any atom is -0.398 e. The first-order valence-electron chi connectivity index (χ1n) is 8.99. The number of carbonyl (C=O) groups excluding carboxylic acids is 1. The van der Waals surface area contributed by atoms with E-state index in [9.17, 15) is 4.79 Å². The highest BCUT2D eigenvalue weighted by molar-refractivity contribution is 9.10. The van der Waals surface area contributed by atoms with Crippen LogP contribution in [0, 0.1) is 0 Å². The van der Waals surface area contributed by atoms with Gasteiger partial charge in [0.15, 0.2) is 0 Å². The van der Waals surface area contributed by atoms with Gasteiger partial charge in [-0.1, -0.05) is 44.4 Å². The van der Waals surface area contributed by atoms with Crippen molar-refractivity contribution in [2.75, 3.05) is 18.0 Å². The van der Waals surface area contributed by atoms with Crippen molar-refractivity contribution in [3.8, 4) is 5.88 Å². The van der Waals surface area contributed by atoms with Crippen LogP contribution in [-0.2, 0) is 0 Å². The quantitative estimate of drug-likeness (QED) is 0.435. The molecule has 0 aliphatic heterocycles. The van der Waals surface area contributed by atoms with Crippen LogP contribution in [0.1, 0.15) is 24.2 Å². The van der Waals surface area contributed by atoms with Crippen LogP contribution in [0.3, 0.4) is 0 Å². The molecule has 0 fully saturated rings. The Morgan fingerprint density at radius 1 is 1.14 bits per heavy atom. The predicted octanol–water partition coefficient (Wildman–Crippen LogP) is 4.11. The highest BCUT2D eigenvalue weighted by Gasteiger charge is 2.20. The molecule has 7 nitrogen and oxygen atoms in total. The maximum Gasteiger partial charge on any atom is 0.345 e. The first-order valence-corrected chi connectivity index (χ1v) is 9.78. The molecule has 0 atom stereocenters. The molecule has 8 heteroatoms. The first kappa shape index (κ1) is 18.4. The minimum absolute atomic E-state index is 0.0872. The molecular weight excluding hydrogens is 422 g/mol. The van der Waals surface area contributed by atoms with Crippen molar-refractivity contribution in [1.82, 2.24) is 19.8 Å². The molecular formula is C20H18BrN5O2. The normalized spacial score (nSPS) is 11.1. The summed E-state index contributed by atoms with van der Waals surface area (Å²) >= 11 is 3.51. The van der Waals surface area contributed by atoms with Gasteiger partial charge in [-0.15, -0.1) is 0 Å². The number of hydrogen-bond donors (Lipinski definition) is 0. The Kier molecular flexibility index (Phi) is 4.95. The number of anilines is 1. The molecule has 0 bridgehead atoms. The van der Waals surface area contributed by atoms with Crippen LogP contribution < -0.4 is 9.64 Å². The van der Waals surface area contributed by atoms with Crippen molar-refractivity contribution in [2.45, 2.75) is 13.8 Å². The monoisotopic (exact) mass is 439 g/mol. The fourth-order valence-electron chi connectivity index (χ4n) is 3.10. The Labute approximate surface area is 170 Å². The van der Waals surface area contributed by atoms with Gasteiger partial charge in [0.2, 0.25) is 5.65 Å². The van der Waals surface area contributed by atoms with Crippen LogP contribution in [0.15, 0.2) is 53.0 Å². The van der Waals surface area contributed by atoms with Crippen LogP contribution in [0.5, 0.6) is 5.88 Å². The number of benzene rings is 2. The van der Waals surface area contributed by atoms with Gasteiger partial charge in [-0.05, 0) is 44.2 Å². The van der Waals surface area contributed by atoms with Gasteiger partial charge in [-0.2, -0.15) is 4.52 Å². The predicted molar refractivity (Wildman–Crippen MR) is 111 cm³/mol. The summed E-state index contributed by atoms with van der Waals surface area (Å²) in [7, 11) is 0. The van der Waals surface area contributed by atoms with E-state index in [-0.39, 0.29) is 5.88 Å². The number of nitrogens with zero attached hydrogens (tertiary/aromatic N) is 5. The standard InChI is InChI=1S/C20H18BrN5O2/c1-3-25(4-2)17-15-11-10-14(21)12-16(15)26-18(22-17)19(23-24-26)28-20(27)13-8-6-5-7-9-13/h5-12H,3-4H2,1-2H3. The second kappa shape index (κ2) is 7.55. The zero-order chi connectivity index (χ0) is 19.7. The van der Waals surface area contributed by atoms with Gasteiger partial charge in [0.25, 0.3) is 5.88 Å². The van der Waals surface area contributed by atoms with E-state index < -0.39 is 5.97 Å². The lowest BCUT2D eigenvalue weighted by Crippen LogP contribution is -2.23.